The number of carbonyl (C=O) groups excluding carboxylic acids is 1. The summed E-state index contributed by atoms with van der Waals surface area (Å²) >= 11 is 3.60. The van der Waals surface area contributed by atoms with E-state index >= 15 is 0 Å². The van der Waals surface area contributed by atoms with Gasteiger partial charge in [-0.3, -0.25) is 9.78 Å². The standard InChI is InChI=1S/C26H24BrNO5/c1-2-31-25(29)13-20-7-3-4-8-24(20)32-16-19-10-21-12-22(33-26(21)23(27)11-19)17-30-15-18-6-5-9-28-14-18/h3-12,14H,2,13,15-17H2,1H3. The zero-order chi connectivity index (χ0) is 23.0. The summed E-state index contributed by atoms with van der Waals surface area (Å²) in [5.74, 6) is 1.14. The summed E-state index contributed by atoms with van der Waals surface area (Å²) < 4.78 is 23.7. The van der Waals surface area contributed by atoms with E-state index in [9.17, 15) is 4.79 Å². The van der Waals surface area contributed by atoms with Crippen LogP contribution in [-0.2, 0) is 40.5 Å². The minimum Gasteiger partial charge on any atom is -0.489 e. The van der Waals surface area contributed by atoms with Gasteiger partial charge in [0, 0.05) is 23.3 Å². The minimum absolute atomic E-state index is 0.177. The van der Waals surface area contributed by atoms with E-state index in [1.54, 1.807) is 19.3 Å². The molecular formula is C26H24BrNO5. The third-order valence-electron chi connectivity index (χ3n) is 4.92. The van der Waals surface area contributed by atoms with E-state index in [0.717, 1.165) is 37.9 Å². The molecule has 33 heavy (non-hydrogen) atoms. The van der Waals surface area contributed by atoms with Crippen LogP contribution in [0.1, 0.15) is 29.4 Å². The first kappa shape index (κ1) is 23.0. The van der Waals surface area contributed by atoms with Gasteiger partial charge in [-0.05, 0) is 64.3 Å². The van der Waals surface area contributed by atoms with Gasteiger partial charge in [-0.2, -0.15) is 0 Å². The first-order valence-corrected chi connectivity index (χ1v) is 11.5. The summed E-state index contributed by atoms with van der Waals surface area (Å²) in [6, 6.07) is 17.3. The van der Waals surface area contributed by atoms with E-state index in [1.807, 2.05) is 54.6 Å². The fraction of sp³-hybridized carbons (Fsp3) is 0.231. The van der Waals surface area contributed by atoms with Crippen molar-refractivity contribution in [1.29, 1.82) is 0 Å². The van der Waals surface area contributed by atoms with Gasteiger partial charge >= 0.3 is 5.97 Å². The summed E-state index contributed by atoms with van der Waals surface area (Å²) in [5, 5.41) is 0.961. The number of aromatic nitrogens is 1. The molecule has 0 spiro atoms. The maximum Gasteiger partial charge on any atom is 0.310 e. The second kappa shape index (κ2) is 11.1. The van der Waals surface area contributed by atoms with Gasteiger partial charge in [0.25, 0.3) is 0 Å². The molecule has 0 bridgehead atoms. The molecule has 7 heteroatoms. The maximum absolute atomic E-state index is 11.9. The molecule has 4 aromatic rings. The molecule has 0 atom stereocenters. The molecule has 2 aromatic carbocycles. The van der Waals surface area contributed by atoms with Crippen LogP contribution in [0.4, 0.5) is 0 Å². The average molecular weight is 510 g/mol. The zero-order valence-electron chi connectivity index (χ0n) is 18.3. The SMILES string of the molecule is CCOC(=O)Cc1ccccc1OCc1cc(Br)c2oc(COCc3cccnc3)cc2c1. The molecule has 2 aromatic heterocycles. The summed E-state index contributed by atoms with van der Waals surface area (Å²) in [6.07, 6.45) is 3.70. The molecule has 2 heterocycles. The van der Waals surface area contributed by atoms with Crippen LogP contribution in [0.3, 0.4) is 0 Å². The van der Waals surface area contributed by atoms with Crippen molar-refractivity contribution in [2.75, 3.05) is 6.61 Å². The molecular weight excluding hydrogens is 486 g/mol. The van der Waals surface area contributed by atoms with Gasteiger partial charge < -0.3 is 18.6 Å². The van der Waals surface area contributed by atoms with E-state index in [2.05, 4.69) is 20.9 Å². The quantitative estimate of drug-likeness (QED) is 0.244. The van der Waals surface area contributed by atoms with E-state index in [4.69, 9.17) is 18.6 Å². The number of pyridine rings is 1. The fourth-order valence-electron chi connectivity index (χ4n) is 3.45. The van der Waals surface area contributed by atoms with Crippen molar-refractivity contribution in [3.05, 3.63) is 93.9 Å². The van der Waals surface area contributed by atoms with Crippen molar-refractivity contribution in [3.8, 4) is 5.75 Å². The molecule has 0 N–H and O–H groups in total. The number of benzene rings is 2. The number of nitrogens with zero attached hydrogens (tertiary/aromatic N) is 1. The second-order valence-corrected chi connectivity index (χ2v) is 8.30. The number of furan rings is 1. The van der Waals surface area contributed by atoms with Crippen LogP contribution in [0.15, 0.2) is 75.9 Å². The number of halogens is 1. The Bertz CT molecular complexity index is 1220. The van der Waals surface area contributed by atoms with Crippen LogP contribution in [0.25, 0.3) is 11.0 Å². The zero-order valence-corrected chi connectivity index (χ0v) is 19.8. The lowest BCUT2D eigenvalue weighted by Gasteiger charge is -2.11. The molecule has 0 radical (unpaired) electrons. The number of ether oxygens (including phenoxy) is 3. The molecule has 0 fully saturated rings. The normalized spacial score (nSPS) is 11.0. The van der Waals surface area contributed by atoms with E-state index in [-0.39, 0.29) is 12.4 Å². The second-order valence-electron chi connectivity index (χ2n) is 7.44. The Morgan fingerprint density at radius 3 is 2.73 bits per heavy atom. The van der Waals surface area contributed by atoms with Crippen LogP contribution < -0.4 is 4.74 Å². The van der Waals surface area contributed by atoms with Crippen molar-refractivity contribution in [1.82, 2.24) is 4.98 Å². The van der Waals surface area contributed by atoms with Gasteiger partial charge in [0.2, 0.25) is 0 Å². The highest BCUT2D eigenvalue weighted by molar-refractivity contribution is 9.10. The van der Waals surface area contributed by atoms with Gasteiger partial charge in [0.15, 0.2) is 0 Å². The number of rotatable bonds is 10. The fourth-order valence-corrected chi connectivity index (χ4v) is 4.05. The lowest BCUT2D eigenvalue weighted by atomic mass is 10.1. The van der Waals surface area contributed by atoms with Gasteiger partial charge in [-0.15, -0.1) is 0 Å². The Kier molecular flexibility index (Phi) is 7.75. The van der Waals surface area contributed by atoms with Crippen molar-refractivity contribution in [3.63, 3.8) is 0 Å². The van der Waals surface area contributed by atoms with Crippen molar-refractivity contribution < 1.29 is 23.4 Å². The molecule has 0 unspecified atom stereocenters. The molecule has 0 saturated heterocycles. The van der Waals surface area contributed by atoms with Crippen molar-refractivity contribution in [2.45, 2.75) is 33.2 Å². The van der Waals surface area contributed by atoms with Crippen LogP contribution >= 0.6 is 15.9 Å². The highest BCUT2D eigenvalue weighted by Crippen LogP contribution is 2.30. The van der Waals surface area contributed by atoms with Gasteiger partial charge in [-0.25, -0.2) is 0 Å². The van der Waals surface area contributed by atoms with E-state index in [0.29, 0.717) is 32.2 Å². The van der Waals surface area contributed by atoms with Crippen LogP contribution in [0.2, 0.25) is 0 Å². The Morgan fingerprint density at radius 1 is 1.03 bits per heavy atom. The van der Waals surface area contributed by atoms with Crippen LogP contribution in [0.5, 0.6) is 5.75 Å². The van der Waals surface area contributed by atoms with Gasteiger partial charge in [0.1, 0.15) is 30.3 Å². The van der Waals surface area contributed by atoms with E-state index < -0.39 is 0 Å². The van der Waals surface area contributed by atoms with Crippen molar-refractivity contribution in [2.24, 2.45) is 0 Å². The smallest absolute Gasteiger partial charge is 0.310 e. The largest absolute Gasteiger partial charge is 0.489 e. The highest BCUT2D eigenvalue weighted by atomic mass is 79.9. The lowest BCUT2D eigenvalue weighted by molar-refractivity contribution is -0.142. The summed E-state index contributed by atoms with van der Waals surface area (Å²) in [5.41, 5.74) is 3.55. The molecule has 0 aliphatic heterocycles. The molecule has 0 saturated carbocycles. The van der Waals surface area contributed by atoms with Gasteiger partial charge in [-0.1, -0.05) is 24.3 Å². The van der Waals surface area contributed by atoms with Crippen molar-refractivity contribution >= 4 is 32.9 Å². The predicted octanol–water partition coefficient (Wildman–Crippen LogP) is 5.99. The number of esters is 1. The maximum atomic E-state index is 11.9. The Hall–Kier alpha value is -3.16. The Labute approximate surface area is 200 Å². The topological polar surface area (TPSA) is 70.8 Å². The van der Waals surface area contributed by atoms with Gasteiger partial charge in [0.05, 0.1) is 24.1 Å². The Balaban J connectivity index is 1.41. The summed E-state index contributed by atoms with van der Waals surface area (Å²) in [4.78, 5) is 16.0. The number of para-hydroxylation sites is 1. The third kappa shape index (κ3) is 6.21. The molecule has 0 aliphatic carbocycles. The average Bonchev–Trinajstić information content (AvgIpc) is 3.23. The number of hydrogen-bond acceptors (Lipinski definition) is 6. The minimum atomic E-state index is -0.269. The highest BCUT2D eigenvalue weighted by Gasteiger charge is 2.12. The van der Waals surface area contributed by atoms with Crippen LogP contribution in [0, 0.1) is 0 Å². The lowest BCUT2D eigenvalue weighted by Crippen LogP contribution is -2.09. The molecule has 0 aliphatic rings. The number of carbonyl (C=O) groups is 1. The Morgan fingerprint density at radius 2 is 1.91 bits per heavy atom. The third-order valence-corrected chi connectivity index (χ3v) is 5.51. The summed E-state index contributed by atoms with van der Waals surface area (Å²) in [6.45, 7) is 3.34. The number of fused-ring (bicyclic) bond motifs is 1. The van der Waals surface area contributed by atoms with Crippen LogP contribution in [-0.4, -0.2) is 17.6 Å². The molecule has 0 amide bonds. The first-order valence-electron chi connectivity index (χ1n) is 10.7. The molecule has 170 valence electrons. The summed E-state index contributed by atoms with van der Waals surface area (Å²) in [7, 11) is 0. The first-order chi connectivity index (χ1) is 16.1. The molecule has 6 nitrogen and oxygen atoms in total. The van der Waals surface area contributed by atoms with E-state index in [1.165, 1.54) is 0 Å². The molecule has 4 rings (SSSR count). The predicted molar refractivity (Wildman–Crippen MR) is 128 cm³/mol. The number of hydrogen-bond donors (Lipinski definition) is 0. The monoisotopic (exact) mass is 509 g/mol.